The quantitative estimate of drug-likeness (QED) is 0.658. The van der Waals surface area contributed by atoms with Crippen LogP contribution in [-0.2, 0) is 11.0 Å². The van der Waals surface area contributed by atoms with Crippen molar-refractivity contribution in [3.05, 3.63) is 53.1 Å². The predicted molar refractivity (Wildman–Crippen MR) is 91.3 cm³/mol. The van der Waals surface area contributed by atoms with Crippen LogP contribution >= 0.6 is 11.8 Å². The molecule has 0 spiro atoms. The Balaban J connectivity index is 1.80. The van der Waals surface area contributed by atoms with Crippen molar-refractivity contribution in [1.82, 2.24) is 15.3 Å². The average molecular weight is 391 g/mol. The lowest BCUT2D eigenvalue weighted by molar-refractivity contribution is -0.141. The van der Waals surface area contributed by atoms with E-state index in [4.69, 9.17) is 4.42 Å². The minimum atomic E-state index is -4.57. The summed E-state index contributed by atoms with van der Waals surface area (Å²) in [5, 5.41) is 2.18. The minimum Gasteiger partial charge on any atom is -0.456 e. The number of halogens is 3. The summed E-state index contributed by atoms with van der Waals surface area (Å²) in [6.45, 7) is 0. The van der Waals surface area contributed by atoms with E-state index in [0.29, 0.717) is 16.5 Å². The molecule has 2 amide bonds. The van der Waals surface area contributed by atoms with Gasteiger partial charge in [-0.25, -0.2) is 0 Å². The summed E-state index contributed by atoms with van der Waals surface area (Å²) in [6.07, 6.45) is 0.758. The van der Waals surface area contributed by atoms with Gasteiger partial charge in [0.25, 0.3) is 11.1 Å². The Hall–Kier alpha value is -3.14. The molecule has 4 rings (SSSR count). The Labute approximate surface area is 153 Å². The van der Waals surface area contributed by atoms with E-state index in [1.807, 2.05) is 0 Å². The van der Waals surface area contributed by atoms with E-state index in [1.54, 1.807) is 6.07 Å². The van der Waals surface area contributed by atoms with Gasteiger partial charge in [0.1, 0.15) is 17.0 Å². The summed E-state index contributed by atoms with van der Waals surface area (Å²) in [7, 11) is 0. The molecular weight excluding hydrogens is 383 g/mol. The number of nitrogens with zero attached hydrogens (tertiary/aromatic N) is 2. The number of thioether (sulfide) groups is 1. The number of alkyl halides is 3. The van der Waals surface area contributed by atoms with E-state index in [-0.39, 0.29) is 16.2 Å². The summed E-state index contributed by atoms with van der Waals surface area (Å²) >= 11 is 0.736. The smallest absolute Gasteiger partial charge is 0.433 e. The molecule has 10 heteroatoms. The molecule has 1 aliphatic heterocycles. The third-order valence-electron chi connectivity index (χ3n) is 3.72. The summed E-state index contributed by atoms with van der Waals surface area (Å²) in [5.41, 5.74) is -0.119. The number of furan rings is 1. The minimum absolute atomic E-state index is 0.164. The lowest BCUT2D eigenvalue weighted by Gasteiger charge is -2.07. The molecule has 0 radical (unpaired) electrons. The van der Waals surface area contributed by atoms with Gasteiger partial charge in [-0.2, -0.15) is 13.2 Å². The molecule has 6 nitrogen and oxygen atoms in total. The highest BCUT2D eigenvalue weighted by molar-refractivity contribution is 8.18. The number of carbonyl (C=O) groups excluding carboxylic acids is 2. The monoisotopic (exact) mass is 391 g/mol. The molecule has 0 aliphatic carbocycles. The Morgan fingerprint density at radius 3 is 2.70 bits per heavy atom. The largest absolute Gasteiger partial charge is 0.456 e. The van der Waals surface area contributed by atoms with Crippen molar-refractivity contribution in [2.45, 2.75) is 6.18 Å². The number of pyridine rings is 2. The Bertz CT molecular complexity index is 1120. The number of amides is 2. The van der Waals surface area contributed by atoms with Crippen molar-refractivity contribution < 1.29 is 27.2 Å². The van der Waals surface area contributed by atoms with Crippen molar-refractivity contribution in [1.29, 1.82) is 0 Å². The third kappa shape index (κ3) is 3.31. The van der Waals surface area contributed by atoms with Crippen LogP contribution in [0.25, 0.3) is 28.2 Å². The zero-order valence-corrected chi connectivity index (χ0v) is 14.0. The molecule has 1 aliphatic rings. The van der Waals surface area contributed by atoms with E-state index < -0.39 is 23.0 Å². The van der Waals surface area contributed by atoms with Crippen molar-refractivity contribution in [2.75, 3.05) is 0 Å². The highest BCUT2D eigenvalue weighted by Gasteiger charge is 2.32. The van der Waals surface area contributed by atoms with Crippen molar-refractivity contribution in [3.8, 4) is 11.1 Å². The van der Waals surface area contributed by atoms with E-state index in [1.165, 1.54) is 24.5 Å². The fourth-order valence-electron chi connectivity index (χ4n) is 2.56. The van der Waals surface area contributed by atoms with Crippen LogP contribution in [0.5, 0.6) is 0 Å². The number of hydrogen-bond acceptors (Lipinski definition) is 6. The molecule has 27 heavy (non-hydrogen) atoms. The van der Waals surface area contributed by atoms with Gasteiger partial charge in [-0.1, -0.05) is 0 Å². The van der Waals surface area contributed by atoms with E-state index in [2.05, 4.69) is 15.3 Å². The third-order valence-corrected chi connectivity index (χ3v) is 4.53. The molecule has 4 heterocycles. The molecule has 1 fully saturated rings. The van der Waals surface area contributed by atoms with Crippen LogP contribution in [0.4, 0.5) is 18.0 Å². The molecule has 0 aromatic carbocycles. The molecule has 1 saturated heterocycles. The Morgan fingerprint density at radius 2 is 2.00 bits per heavy atom. The van der Waals surface area contributed by atoms with Crippen LogP contribution in [0.2, 0.25) is 0 Å². The van der Waals surface area contributed by atoms with Gasteiger partial charge in [-0.15, -0.1) is 0 Å². The molecule has 136 valence electrons. The second-order valence-corrected chi connectivity index (χ2v) is 6.55. The average Bonchev–Trinajstić information content (AvgIpc) is 3.16. The first-order valence-corrected chi connectivity index (χ1v) is 8.29. The Morgan fingerprint density at radius 1 is 1.19 bits per heavy atom. The number of fused-ring (bicyclic) bond motifs is 1. The van der Waals surface area contributed by atoms with Gasteiger partial charge >= 0.3 is 6.18 Å². The first kappa shape index (κ1) is 17.3. The number of nitrogens with one attached hydrogen (secondary N) is 1. The maximum atomic E-state index is 12.9. The van der Waals surface area contributed by atoms with Crippen molar-refractivity contribution >= 4 is 40.0 Å². The maximum absolute atomic E-state index is 12.9. The lowest BCUT2D eigenvalue weighted by Crippen LogP contribution is -2.17. The zero-order chi connectivity index (χ0) is 19.2. The lowest BCUT2D eigenvalue weighted by atomic mass is 10.1. The van der Waals surface area contributed by atoms with Crippen molar-refractivity contribution in [3.63, 3.8) is 0 Å². The van der Waals surface area contributed by atoms with E-state index >= 15 is 0 Å². The highest BCUT2D eigenvalue weighted by atomic mass is 32.2. The zero-order valence-electron chi connectivity index (χ0n) is 13.2. The topological polar surface area (TPSA) is 85.1 Å². The number of imide groups is 1. The van der Waals surface area contributed by atoms with Gasteiger partial charge < -0.3 is 4.42 Å². The highest BCUT2D eigenvalue weighted by Crippen LogP contribution is 2.35. The second kappa shape index (κ2) is 6.23. The van der Waals surface area contributed by atoms with Crippen molar-refractivity contribution in [2.24, 2.45) is 0 Å². The maximum Gasteiger partial charge on any atom is 0.433 e. The normalized spacial score (nSPS) is 16.3. The first-order chi connectivity index (χ1) is 12.8. The molecule has 0 unspecified atom stereocenters. The number of rotatable bonds is 2. The SMILES string of the molecule is O=C1NC(=O)/C(=C/c2cc3cncc(-c4ccnc(C(F)(F)F)c4)c3o2)S1. The molecule has 0 saturated carbocycles. The first-order valence-electron chi connectivity index (χ1n) is 7.47. The molecule has 3 aromatic heterocycles. The molecule has 0 bridgehead atoms. The van der Waals surface area contributed by atoms with Gasteiger partial charge in [0.2, 0.25) is 0 Å². The van der Waals surface area contributed by atoms with Gasteiger partial charge in [0.15, 0.2) is 0 Å². The van der Waals surface area contributed by atoms with Gasteiger partial charge in [0.05, 0.1) is 4.91 Å². The van der Waals surface area contributed by atoms with Crippen LogP contribution in [0.1, 0.15) is 11.5 Å². The summed E-state index contributed by atoms with van der Waals surface area (Å²) < 4.78 is 44.5. The second-order valence-electron chi connectivity index (χ2n) is 5.53. The number of carbonyl (C=O) groups is 2. The fourth-order valence-corrected chi connectivity index (χ4v) is 3.22. The van der Waals surface area contributed by atoms with Crippen LogP contribution in [0.3, 0.4) is 0 Å². The van der Waals surface area contributed by atoms with Gasteiger partial charge in [-0.05, 0) is 35.5 Å². The molecule has 3 aromatic rings. The van der Waals surface area contributed by atoms with E-state index in [0.717, 1.165) is 24.0 Å². The Kier molecular flexibility index (Phi) is 3.99. The number of aromatic nitrogens is 2. The van der Waals surface area contributed by atoms with Crippen LogP contribution < -0.4 is 5.32 Å². The summed E-state index contributed by atoms with van der Waals surface area (Å²) in [5.74, 6) is -0.260. The molecule has 1 N–H and O–H groups in total. The predicted octanol–water partition coefficient (Wildman–Crippen LogP) is 4.23. The number of hydrogen-bond donors (Lipinski definition) is 1. The van der Waals surface area contributed by atoms with Crippen LogP contribution in [0.15, 0.2) is 46.1 Å². The fraction of sp³-hybridized carbons (Fsp3) is 0.0588. The summed E-state index contributed by atoms with van der Waals surface area (Å²) in [6, 6.07) is 3.92. The standard InChI is InChI=1S/C17H8F3N3O3S/c18-17(19,20)13-4-8(1-2-22-13)11-7-21-6-9-3-10(26-14(9)11)5-12-15(24)23-16(25)27-12/h1-7H,(H,23,24,25)/b12-5-. The molecule has 0 atom stereocenters. The summed E-state index contributed by atoms with van der Waals surface area (Å²) in [4.78, 5) is 30.4. The van der Waals surface area contributed by atoms with Crippen LogP contribution in [-0.4, -0.2) is 21.1 Å². The van der Waals surface area contributed by atoms with Gasteiger partial charge in [-0.3, -0.25) is 24.9 Å². The molecular formula is C17H8F3N3O3S. The van der Waals surface area contributed by atoms with Crippen LogP contribution in [0, 0.1) is 0 Å². The van der Waals surface area contributed by atoms with E-state index in [9.17, 15) is 22.8 Å². The van der Waals surface area contributed by atoms with Gasteiger partial charge in [0, 0.05) is 35.6 Å².